The summed E-state index contributed by atoms with van der Waals surface area (Å²) in [6, 6.07) is 7.38. The largest absolute Gasteiger partial charge is 0.393 e. The fourth-order valence-electron chi connectivity index (χ4n) is 2.19. The van der Waals surface area contributed by atoms with Gasteiger partial charge >= 0.3 is 0 Å². The second-order valence-corrected chi connectivity index (χ2v) is 4.98. The van der Waals surface area contributed by atoms with Gasteiger partial charge in [-0.15, -0.1) is 0 Å². The summed E-state index contributed by atoms with van der Waals surface area (Å²) in [7, 11) is 0. The first-order valence-electron chi connectivity index (χ1n) is 5.99. The first-order chi connectivity index (χ1) is 8.16. The van der Waals surface area contributed by atoms with Crippen LogP contribution in [0.1, 0.15) is 24.5 Å². The maximum atomic E-state index is 10.1. The normalized spacial score (nSPS) is 20.4. The number of aliphatic hydroxyl groups excluding tert-OH is 2. The van der Waals surface area contributed by atoms with Gasteiger partial charge < -0.3 is 15.1 Å². The van der Waals surface area contributed by atoms with Gasteiger partial charge in [-0.3, -0.25) is 0 Å². The number of β-amino-alcohol motifs (C(OH)–C–C–N with tert-alkyl or cyclic N) is 1. The first-order valence-corrected chi connectivity index (χ1v) is 6.37. The standard InChI is InChI=1S/C13H18ClNO2/c14-12-4-2-1-3-11(12)13(17)9-15-7-5-10(16)6-8-15/h1-4,10,13,16-17H,5-9H2. The number of benzene rings is 1. The highest BCUT2D eigenvalue weighted by atomic mass is 35.5. The van der Waals surface area contributed by atoms with Crippen LogP contribution in [0.3, 0.4) is 0 Å². The molecule has 0 aromatic heterocycles. The molecule has 1 unspecified atom stereocenters. The predicted octanol–water partition coefficient (Wildman–Crippen LogP) is 1.83. The van der Waals surface area contributed by atoms with Crippen LogP contribution in [0, 0.1) is 0 Å². The molecule has 1 aromatic carbocycles. The molecule has 0 amide bonds. The van der Waals surface area contributed by atoms with Crippen molar-refractivity contribution in [2.24, 2.45) is 0 Å². The number of aliphatic hydroxyl groups is 2. The van der Waals surface area contributed by atoms with Crippen molar-refractivity contribution >= 4 is 11.6 Å². The monoisotopic (exact) mass is 255 g/mol. The third kappa shape index (κ3) is 3.42. The molecular weight excluding hydrogens is 238 g/mol. The van der Waals surface area contributed by atoms with Crippen LogP contribution in [0.5, 0.6) is 0 Å². The van der Waals surface area contributed by atoms with Gasteiger partial charge in [-0.05, 0) is 18.9 Å². The van der Waals surface area contributed by atoms with Crippen molar-refractivity contribution in [3.05, 3.63) is 34.9 Å². The number of halogens is 1. The van der Waals surface area contributed by atoms with E-state index in [1.807, 2.05) is 18.2 Å². The Morgan fingerprint density at radius 2 is 1.94 bits per heavy atom. The van der Waals surface area contributed by atoms with Crippen molar-refractivity contribution in [1.82, 2.24) is 4.90 Å². The molecule has 1 aliphatic heterocycles. The number of piperidine rings is 1. The Hall–Kier alpha value is -0.610. The minimum absolute atomic E-state index is 0.177. The van der Waals surface area contributed by atoms with E-state index in [-0.39, 0.29) is 6.10 Å². The van der Waals surface area contributed by atoms with Crippen LogP contribution >= 0.6 is 11.6 Å². The molecule has 0 aliphatic carbocycles. The lowest BCUT2D eigenvalue weighted by atomic mass is 10.1. The molecule has 17 heavy (non-hydrogen) atoms. The molecule has 0 saturated carbocycles. The lowest BCUT2D eigenvalue weighted by Gasteiger charge is -2.31. The summed E-state index contributed by atoms with van der Waals surface area (Å²) in [6.45, 7) is 2.25. The number of hydrogen-bond acceptors (Lipinski definition) is 3. The lowest BCUT2D eigenvalue weighted by molar-refractivity contribution is 0.0508. The van der Waals surface area contributed by atoms with Gasteiger partial charge in [-0.1, -0.05) is 29.8 Å². The maximum Gasteiger partial charge on any atom is 0.0931 e. The molecule has 1 atom stereocenters. The van der Waals surface area contributed by atoms with Crippen LogP contribution in [0.15, 0.2) is 24.3 Å². The van der Waals surface area contributed by atoms with Crippen molar-refractivity contribution in [2.75, 3.05) is 19.6 Å². The molecule has 94 valence electrons. The fourth-order valence-corrected chi connectivity index (χ4v) is 2.45. The number of hydrogen-bond donors (Lipinski definition) is 2. The summed E-state index contributed by atoms with van der Waals surface area (Å²) in [4.78, 5) is 2.17. The second kappa shape index (κ2) is 5.83. The van der Waals surface area contributed by atoms with Gasteiger partial charge in [0, 0.05) is 30.2 Å². The average molecular weight is 256 g/mol. The molecule has 1 aliphatic rings. The molecule has 0 spiro atoms. The van der Waals surface area contributed by atoms with Crippen LogP contribution in [0.25, 0.3) is 0 Å². The van der Waals surface area contributed by atoms with Gasteiger partial charge in [-0.25, -0.2) is 0 Å². The summed E-state index contributed by atoms with van der Waals surface area (Å²) >= 11 is 6.04. The van der Waals surface area contributed by atoms with Gasteiger partial charge in [0.1, 0.15) is 0 Å². The first kappa shape index (κ1) is 12.8. The third-order valence-corrected chi connectivity index (χ3v) is 3.60. The number of nitrogens with zero attached hydrogens (tertiary/aromatic N) is 1. The van der Waals surface area contributed by atoms with Crippen LogP contribution in [-0.2, 0) is 0 Å². The van der Waals surface area contributed by atoms with E-state index >= 15 is 0 Å². The van der Waals surface area contributed by atoms with E-state index in [0.717, 1.165) is 31.5 Å². The molecule has 1 fully saturated rings. The van der Waals surface area contributed by atoms with E-state index in [1.54, 1.807) is 6.07 Å². The molecule has 2 rings (SSSR count). The molecule has 1 heterocycles. The minimum Gasteiger partial charge on any atom is -0.393 e. The van der Waals surface area contributed by atoms with Crippen molar-refractivity contribution < 1.29 is 10.2 Å². The average Bonchev–Trinajstić information content (AvgIpc) is 2.32. The minimum atomic E-state index is -0.557. The molecule has 1 saturated heterocycles. The van der Waals surface area contributed by atoms with Crippen molar-refractivity contribution in [3.8, 4) is 0 Å². The highest BCUT2D eigenvalue weighted by Crippen LogP contribution is 2.24. The Morgan fingerprint density at radius 3 is 2.59 bits per heavy atom. The Kier molecular flexibility index (Phi) is 4.40. The number of rotatable bonds is 3. The SMILES string of the molecule is OC1CCN(CC(O)c2ccccc2Cl)CC1. The lowest BCUT2D eigenvalue weighted by Crippen LogP contribution is -2.38. The Morgan fingerprint density at radius 1 is 1.29 bits per heavy atom. The molecular formula is C13H18ClNO2. The molecule has 1 aromatic rings. The van der Waals surface area contributed by atoms with Gasteiger partial charge in [0.15, 0.2) is 0 Å². The molecule has 3 nitrogen and oxygen atoms in total. The van der Waals surface area contributed by atoms with Crippen LogP contribution in [0.2, 0.25) is 5.02 Å². The summed E-state index contributed by atoms with van der Waals surface area (Å²) in [5.74, 6) is 0. The van der Waals surface area contributed by atoms with Crippen LogP contribution in [-0.4, -0.2) is 40.9 Å². The van der Waals surface area contributed by atoms with Crippen molar-refractivity contribution in [1.29, 1.82) is 0 Å². The Balaban J connectivity index is 1.93. The molecule has 0 bridgehead atoms. The summed E-state index contributed by atoms with van der Waals surface area (Å²) < 4.78 is 0. The van der Waals surface area contributed by atoms with Crippen molar-refractivity contribution in [3.63, 3.8) is 0 Å². The van der Waals surface area contributed by atoms with E-state index in [4.69, 9.17) is 11.6 Å². The molecule has 0 radical (unpaired) electrons. The highest BCUT2D eigenvalue weighted by molar-refractivity contribution is 6.31. The van der Waals surface area contributed by atoms with E-state index in [2.05, 4.69) is 4.90 Å². The van der Waals surface area contributed by atoms with Gasteiger partial charge in [0.05, 0.1) is 12.2 Å². The second-order valence-electron chi connectivity index (χ2n) is 4.57. The summed E-state index contributed by atoms with van der Waals surface area (Å²) in [5.41, 5.74) is 0.778. The fraction of sp³-hybridized carbons (Fsp3) is 0.538. The van der Waals surface area contributed by atoms with E-state index in [1.165, 1.54) is 0 Å². The zero-order chi connectivity index (χ0) is 12.3. The predicted molar refractivity (Wildman–Crippen MR) is 68.1 cm³/mol. The quantitative estimate of drug-likeness (QED) is 0.866. The Labute approximate surface area is 107 Å². The number of likely N-dealkylation sites (tertiary alicyclic amines) is 1. The molecule has 4 heteroatoms. The maximum absolute atomic E-state index is 10.1. The van der Waals surface area contributed by atoms with Gasteiger partial charge in [0.2, 0.25) is 0 Å². The summed E-state index contributed by atoms with van der Waals surface area (Å²) in [5, 5.41) is 20.2. The van der Waals surface area contributed by atoms with E-state index in [9.17, 15) is 10.2 Å². The van der Waals surface area contributed by atoms with Crippen LogP contribution in [0.4, 0.5) is 0 Å². The van der Waals surface area contributed by atoms with Gasteiger partial charge in [0.25, 0.3) is 0 Å². The third-order valence-electron chi connectivity index (χ3n) is 3.25. The highest BCUT2D eigenvalue weighted by Gasteiger charge is 2.20. The van der Waals surface area contributed by atoms with E-state index in [0.29, 0.717) is 11.6 Å². The van der Waals surface area contributed by atoms with E-state index < -0.39 is 6.10 Å². The topological polar surface area (TPSA) is 43.7 Å². The zero-order valence-corrected chi connectivity index (χ0v) is 10.5. The smallest absolute Gasteiger partial charge is 0.0931 e. The van der Waals surface area contributed by atoms with Gasteiger partial charge in [-0.2, -0.15) is 0 Å². The summed E-state index contributed by atoms with van der Waals surface area (Å²) in [6.07, 6.45) is 0.840. The molecule has 2 N–H and O–H groups in total. The zero-order valence-electron chi connectivity index (χ0n) is 9.72. The van der Waals surface area contributed by atoms with Crippen molar-refractivity contribution in [2.45, 2.75) is 25.0 Å². The van der Waals surface area contributed by atoms with Crippen LogP contribution < -0.4 is 0 Å². The Bertz CT molecular complexity index is 364.